The molecule has 0 radical (unpaired) electrons. The Labute approximate surface area is 65.8 Å². The molecule has 1 aromatic rings. The Morgan fingerprint density at radius 1 is 1.36 bits per heavy atom. The van der Waals surface area contributed by atoms with Gasteiger partial charge >= 0.3 is 0 Å². The smallest absolute Gasteiger partial charge is 0.225 e. The molecule has 0 aliphatic heterocycles. The first kappa shape index (κ1) is 7.79. The largest absolute Gasteiger partial charge is 0.722 e. The van der Waals surface area contributed by atoms with Crippen molar-refractivity contribution in [3.05, 3.63) is 36.9 Å². The molecule has 1 rings (SSSR count). The van der Waals surface area contributed by atoms with Crippen molar-refractivity contribution in [2.24, 2.45) is 0 Å². The Balaban J connectivity index is 2.91. The van der Waals surface area contributed by atoms with Crippen LogP contribution in [0, 0.1) is 7.11 Å². The van der Waals surface area contributed by atoms with Gasteiger partial charge in [-0.3, -0.25) is 4.79 Å². The van der Waals surface area contributed by atoms with E-state index in [9.17, 15) is 4.79 Å². The number of aromatic hydroxyl groups is 1. The van der Waals surface area contributed by atoms with E-state index in [0.29, 0.717) is 5.56 Å². The van der Waals surface area contributed by atoms with Gasteiger partial charge in [0.25, 0.3) is 0 Å². The number of carbonyl (C=O) groups excluding carboxylic acids is 1. The maximum absolute atomic E-state index is 10.8. The van der Waals surface area contributed by atoms with Crippen LogP contribution in [0.3, 0.4) is 0 Å². The Morgan fingerprint density at radius 3 is 2.27 bits per heavy atom. The normalized spacial score (nSPS) is 9.27. The first-order valence-corrected chi connectivity index (χ1v) is 3.32. The summed E-state index contributed by atoms with van der Waals surface area (Å²) >= 11 is 0. The summed E-state index contributed by atoms with van der Waals surface area (Å²) in [5, 5.41) is 0. The molecule has 0 aliphatic rings. The number of carbonyl (C=O) groups is 1. The van der Waals surface area contributed by atoms with Crippen molar-refractivity contribution in [3.8, 4) is 5.75 Å². The molecule has 0 fully saturated rings. The molecule has 0 amide bonds. The Hall–Kier alpha value is -1.31. The van der Waals surface area contributed by atoms with Gasteiger partial charge in [0, 0.05) is 17.7 Å². The summed E-state index contributed by atoms with van der Waals surface area (Å²) in [6, 6.07) is 7.02. The van der Waals surface area contributed by atoms with E-state index in [1.807, 2.05) is 0 Å². The standard InChI is InChI=1S/C9H10O2/c1-7(10)8-3-5-9(11-2)6-4-8/h3-6,11H,2H2,1H3. The lowest BCUT2D eigenvalue weighted by Crippen LogP contribution is -1.89. The zero-order chi connectivity index (χ0) is 8.27. The fourth-order valence-electron chi connectivity index (χ4n) is 0.802. The van der Waals surface area contributed by atoms with Crippen LogP contribution in [-0.2, 0) is 0 Å². The lowest BCUT2D eigenvalue weighted by Gasteiger charge is -2.02. The molecule has 0 bridgehead atoms. The van der Waals surface area contributed by atoms with Crippen molar-refractivity contribution in [1.29, 1.82) is 0 Å². The molecular weight excluding hydrogens is 140 g/mol. The molecule has 0 heterocycles. The van der Waals surface area contributed by atoms with Gasteiger partial charge in [0.2, 0.25) is 5.75 Å². The first-order chi connectivity index (χ1) is 5.24. The summed E-state index contributed by atoms with van der Waals surface area (Å²) in [6.45, 7) is 1.54. The lowest BCUT2D eigenvalue weighted by molar-refractivity contribution is 0.101. The number of benzene rings is 1. The highest BCUT2D eigenvalue weighted by Crippen LogP contribution is 2.12. The average molecular weight is 150 g/mol. The van der Waals surface area contributed by atoms with E-state index in [1.54, 1.807) is 24.3 Å². The van der Waals surface area contributed by atoms with Gasteiger partial charge < -0.3 is 4.74 Å². The van der Waals surface area contributed by atoms with Crippen LogP contribution in [-0.4, -0.2) is 10.5 Å². The maximum Gasteiger partial charge on any atom is 0.225 e. The number of hydrogen-bond donors (Lipinski definition) is 0. The molecule has 0 spiro atoms. The fourth-order valence-corrected chi connectivity index (χ4v) is 0.802. The number of hydrogen-bond acceptors (Lipinski definition) is 1. The number of ether oxygens (including phenoxy) is 1. The Bertz CT molecular complexity index is 249. The van der Waals surface area contributed by atoms with Crippen molar-refractivity contribution in [2.45, 2.75) is 6.92 Å². The van der Waals surface area contributed by atoms with E-state index in [0.717, 1.165) is 5.75 Å². The van der Waals surface area contributed by atoms with E-state index in [2.05, 4.69) is 11.8 Å². The van der Waals surface area contributed by atoms with Crippen molar-refractivity contribution in [3.63, 3.8) is 0 Å². The Kier molecular flexibility index (Phi) is 2.26. The predicted molar refractivity (Wildman–Crippen MR) is 43.5 cm³/mol. The second-order valence-corrected chi connectivity index (χ2v) is 2.26. The van der Waals surface area contributed by atoms with Crippen LogP contribution in [0.15, 0.2) is 24.3 Å². The van der Waals surface area contributed by atoms with Gasteiger partial charge in [-0.15, -0.1) is 0 Å². The van der Waals surface area contributed by atoms with Crippen LogP contribution in [0.2, 0.25) is 0 Å². The summed E-state index contributed by atoms with van der Waals surface area (Å²) in [7, 11) is 3.37. The molecule has 0 saturated heterocycles. The fraction of sp³-hybridized carbons (Fsp3) is 0.111. The lowest BCUT2D eigenvalue weighted by atomic mass is 10.1. The maximum atomic E-state index is 10.8. The van der Waals surface area contributed by atoms with Gasteiger partial charge in [0.15, 0.2) is 5.78 Å². The predicted octanol–water partition coefficient (Wildman–Crippen LogP) is 1.92. The van der Waals surface area contributed by atoms with Crippen molar-refractivity contribution < 1.29 is 9.53 Å². The third-order valence-corrected chi connectivity index (χ3v) is 1.46. The number of rotatable bonds is 2. The van der Waals surface area contributed by atoms with Crippen molar-refractivity contribution in [2.75, 3.05) is 0 Å². The van der Waals surface area contributed by atoms with E-state index in [-0.39, 0.29) is 5.78 Å². The zero-order valence-corrected chi connectivity index (χ0v) is 6.37. The summed E-state index contributed by atoms with van der Waals surface area (Å²) in [5.74, 6) is 0.857. The topological polar surface area (TPSA) is 29.9 Å². The van der Waals surface area contributed by atoms with E-state index < -0.39 is 0 Å². The molecule has 0 aliphatic carbocycles. The minimum absolute atomic E-state index is 0.0700. The quantitative estimate of drug-likeness (QED) is 0.360. The van der Waals surface area contributed by atoms with Gasteiger partial charge in [-0.05, 0) is 26.2 Å². The van der Waals surface area contributed by atoms with E-state index in [4.69, 9.17) is 0 Å². The highest BCUT2D eigenvalue weighted by molar-refractivity contribution is 5.94. The molecule has 1 aromatic carbocycles. The van der Waals surface area contributed by atoms with Crippen LogP contribution in [0.1, 0.15) is 17.3 Å². The van der Waals surface area contributed by atoms with Gasteiger partial charge in [-0.2, -0.15) is 0 Å². The number of Topliss-reactive ketones (excluding diaryl/α,β-unsaturated/α-hetero) is 1. The molecule has 2 heteroatoms. The van der Waals surface area contributed by atoms with Gasteiger partial charge in [-0.25, -0.2) is 0 Å². The molecule has 0 saturated carbocycles. The second kappa shape index (κ2) is 3.19. The van der Waals surface area contributed by atoms with Crippen LogP contribution < -0.4 is 0 Å². The van der Waals surface area contributed by atoms with Crippen molar-refractivity contribution in [1.82, 2.24) is 0 Å². The van der Waals surface area contributed by atoms with Gasteiger partial charge in [0.1, 0.15) is 0 Å². The minimum Gasteiger partial charge on any atom is -0.722 e. The summed E-state index contributed by atoms with van der Waals surface area (Å²) in [4.78, 5) is 10.8. The monoisotopic (exact) mass is 150 g/mol. The highest BCUT2D eigenvalue weighted by Gasteiger charge is 1.98. The molecule has 1 N–H and O–H groups in total. The summed E-state index contributed by atoms with van der Waals surface area (Å²) in [6.07, 6.45) is 0. The summed E-state index contributed by atoms with van der Waals surface area (Å²) in [5.41, 5.74) is 0.706. The van der Waals surface area contributed by atoms with Gasteiger partial charge in [0.05, 0.1) is 0 Å². The van der Waals surface area contributed by atoms with Gasteiger partial charge in [-0.1, -0.05) is 0 Å². The third-order valence-electron chi connectivity index (χ3n) is 1.46. The van der Waals surface area contributed by atoms with E-state index in [1.165, 1.54) is 6.92 Å². The van der Waals surface area contributed by atoms with E-state index >= 15 is 0 Å². The molecule has 0 atom stereocenters. The number of ketones is 1. The number of aliphatic hydroxyl groups is 1. The van der Waals surface area contributed by atoms with Crippen molar-refractivity contribution >= 4 is 5.78 Å². The molecule has 0 unspecified atom stereocenters. The zero-order valence-electron chi connectivity index (χ0n) is 6.37. The molecular formula is C9H10O2. The highest BCUT2D eigenvalue weighted by atomic mass is 16.5. The summed E-state index contributed by atoms with van der Waals surface area (Å²) < 4.78 is 3.71. The SMILES string of the molecule is [CH2-][OH+]c1ccc(C(C)=O)cc1. The molecule has 58 valence electrons. The first-order valence-electron chi connectivity index (χ1n) is 3.32. The third kappa shape index (κ3) is 1.80. The average Bonchev–Trinajstić information content (AvgIpc) is 2.05. The minimum atomic E-state index is 0.0700. The van der Waals surface area contributed by atoms with Crippen LogP contribution in [0.25, 0.3) is 0 Å². The Morgan fingerprint density at radius 2 is 1.91 bits per heavy atom. The molecule has 2 nitrogen and oxygen atoms in total. The molecule has 0 aromatic heterocycles. The molecule has 11 heavy (non-hydrogen) atoms. The van der Waals surface area contributed by atoms with Crippen LogP contribution in [0.5, 0.6) is 5.75 Å². The second-order valence-electron chi connectivity index (χ2n) is 2.26. The van der Waals surface area contributed by atoms with Crippen LogP contribution >= 0.6 is 0 Å². The van der Waals surface area contributed by atoms with Crippen LogP contribution in [0.4, 0.5) is 0 Å².